The van der Waals surface area contributed by atoms with Crippen molar-refractivity contribution < 1.29 is 19.8 Å². The quantitative estimate of drug-likeness (QED) is 0.0381. The molecule has 2 aromatic heterocycles. The van der Waals surface area contributed by atoms with Crippen LogP contribution in [0.15, 0.2) is 120 Å². The van der Waals surface area contributed by atoms with Crippen LogP contribution in [0, 0.1) is 0 Å². The molecule has 322 valence electrons. The summed E-state index contributed by atoms with van der Waals surface area (Å²) in [6.45, 7) is 3.09. The number of carbonyl (C=O) groups excluding carboxylic acids is 2. The van der Waals surface area contributed by atoms with E-state index in [-0.39, 0.29) is 33.0 Å². The maximum atomic E-state index is 12.1. The van der Waals surface area contributed by atoms with Gasteiger partial charge in [-0.2, -0.15) is 0 Å². The number of hydrogen-bond donors (Lipinski definition) is 6. The highest BCUT2D eigenvalue weighted by Crippen LogP contribution is 2.21. The van der Waals surface area contributed by atoms with Crippen molar-refractivity contribution in [1.82, 2.24) is 14.9 Å². The van der Waals surface area contributed by atoms with Crippen LogP contribution in [-0.4, -0.2) is 56.9 Å². The van der Waals surface area contributed by atoms with Crippen LogP contribution in [0.1, 0.15) is 86.9 Å². The van der Waals surface area contributed by atoms with E-state index in [9.17, 15) is 19.8 Å². The summed E-state index contributed by atoms with van der Waals surface area (Å²) in [4.78, 5) is 32.8. The molecule has 6 rings (SSSR count). The van der Waals surface area contributed by atoms with E-state index in [0.717, 1.165) is 66.8 Å². The number of aliphatic hydroxyl groups is 2. The van der Waals surface area contributed by atoms with Gasteiger partial charge < -0.3 is 37.6 Å². The number of likely N-dealkylation sites (N-methyl/N-ethyl adjacent to an activating group) is 1. The van der Waals surface area contributed by atoms with Gasteiger partial charge in [0.05, 0.1) is 30.0 Å². The topological polar surface area (TPSA) is 194 Å². The highest BCUT2D eigenvalue weighted by Gasteiger charge is 2.11. The highest BCUT2D eigenvalue weighted by atomic mass is 32.1. The monoisotopic (exact) mass is 853 g/mol. The number of aromatic nitrogens is 2. The van der Waals surface area contributed by atoms with E-state index in [0.29, 0.717) is 28.9 Å². The van der Waals surface area contributed by atoms with Crippen LogP contribution in [0.3, 0.4) is 0 Å². The van der Waals surface area contributed by atoms with Crippen molar-refractivity contribution in [2.75, 3.05) is 42.7 Å². The van der Waals surface area contributed by atoms with E-state index in [1.165, 1.54) is 40.7 Å². The molecule has 0 bridgehead atoms. The molecule has 9 N–H and O–H groups in total. The maximum Gasteiger partial charge on any atom is 0.230 e. The summed E-state index contributed by atoms with van der Waals surface area (Å²) < 4.78 is 0. The summed E-state index contributed by atoms with van der Waals surface area (Å²) in [6.07, 6.45) is 4.43. The number of ketones is 1. The molecule has 0 unspecified atom stereocenters. The molecule has 60 heavy (non-hydrogen) atoms. The number of hydrogen-bond acceptors (Lipinski definition) is 12. The molecule has 1 amide bonds. The molecule has 13 heteroatoms. The lowest BCUT2D eigenvalue weighted by Gasteiger charge is -2.20. The van der Waals surface area contributed by atoms with Gasteiger partial charge in [0.25, 0.3) is 0 Å². The highest BCUT2D eigenvalue weighted by molar-refractivity contribution is 7.13. The predicted octanol–water partition coefficient (Wildman–Crippen LogP) is 8.96. The van der Waals surface area contributed by atoms with Crippen LogP contribution in [0.25, 0.3) is 0 Å². The van der Waals surface area contributed by atoms with E-state index in [2.05, 4.69) is 32.3 Å². The molecule has 0 spiro atoms. The fraction of sp³-hybridized carbons (Fsp3) is 0.319. The second-order valence-electron chi connectivity index (χ2n) is 14.0. The largest absolute Gasteiger partial charge is 0.399 e. The van der Waals surface area contributed by atoms with Crippen molar-refractivity contribution in [3.8, 4) is 0 Å². The van der Waals surface area contributed by atoms with E-state index in [1.807, 2.05) is 104 Å². The molecule has 0 saturated heterocycles. The second-order valence-corrected chi connectivity index (χ2v) is 15.8. The molecule has 0 radical (unpaired) electrons. The van der Waals surface area contributed by atoms with E-state index < -0.39 is 12.2 Å². The first kappa shape index (κ1) is 50.7. The molecule has 6 aromatic rings. The summed E-state index contributed by atoms with van der Waals surface area (Å²) in [5, 5.41) is 27.8. The lowest BCUT2D eigenvalue weighted by Crippen LogP contribution is -2.26. The standard InChI is InChI=1S/C22H25N3O2S.C17H22N2O.C6H8N2OS.2CH4/c23-22-25-19(15-28-22)14-21(27)24-18-12-10-16(11-13-18)6-4-5-9-20(26)17-7-2-1-3-8-17;1-19(12-11-14-7-9-16(18)10-8-14)13-17(20)15-5-3-2-4-6-15;1-4(9)2-5-3-10-6(7)8-5;;/h1-3,7-8,10-13,15,20,26H,4-6,9,14H2,(H2,23,25)(H,24,27);2-10,17,20H,11-13,18H2,1H3;3H,2H2,1H3,(H2,7,8);2*1H4/t20-;17-;;;/m00.../s1. The number of amides is 1. The van der Waals surface area contributed by atoms with Gasteiger partial charge in [-0.25, -0.2) is 9.97 Å². The van der Waals surface area contributed by atoms with Gasteiger partial charge in [0.15, 0.2) is 10.3 Å². The van der Waals surface area contributed by atoms with Crippen molar-refractivity contribution >= 4 is 56.0 Å². The van der Waals surface area contributed by atoms with Crippen LogP contribution in [-0.2, 0) is 35.3 Å². The Bertz CT molecular complexity index is 2080. The van der Waals surface area contributed by atoms with Gasteiger partial charge in [0.2, 0.25) is 5.91 Å². The van der Waals surface area contributed by atoms with Gasteiger partial charge in [-0.05, 0) is 86.2 Å². The zero-order valence-electron chi connectivity index (χ0n) is 33.2. The maximum absolute atomic E-state index is 12.1. The first-order chi connectivity index (χ1) is 27.9. The van der Waals surface area contributed by atoms with Gasteiger partial charge in [0, 0.05) is 41.6 Å². The van der Waals surface area contributed by atoms with E-state index >= 15 is 0 Å². The summed E-state index contributed by atoms with van der Waals surface area (Å²) in [5.74, 6) is 0.0123. The first-order valence-electron chi connectivity index (χ1n) is 19.2. The number of Topliss-reactive ketones (excluding diaryl/α,β-unsaturated/α-hetero) is 1. The van der Waals surface area contributed by atoms with Crippen LogP contribution < -0.4 is 22.5 Å². The van der Waals surface area contributed by atoms with Gasteiger partial charge in [-0.15, -0.1) is 22.7 Å². The SMILES string of the molecule is C.C.CC(=O)Cc1csc(N)n1.CN(CCc1ccc(N)cc1)C[C@H](O)c1ccccc1.Nc1nc(CC(=O)Nc2ccc(CCCC[C@H](O)c3ccccc3)cc2)cs1. The molecule has 4 aromatic carbocycles. The Kier molecular flexibility index (Phi) is 23.1. The molecule has 0 aliphatic heterocycles. The minimum absolute atomic E-state index is 0. The number of nitrogen functional groups attached to an aromatic ring is 3. The molecule has 0 saturated carbocycles. The number of thiazole rings is 2. The number of benzene rings is 4. The lowest BCUT2D eigenvalue weighted by molar-refractivity contribution is -0.117. The minimum Gasteiger partial charge on any atom is -0.399 e. The number of nitrogens with two attached hydrogens (primary N) is 3. The average Bonchev–Trinajstić information content (AvgIpc) is 3.83. The third-order valence-corrected chi connectivity index (χ3v) is 10.4. The number of nitrogens with one attached hydrogen (secondary N) is 1. The lowest BCUT2D eigenvalue weighted by atomic mass is 10.0. The Morgan fingerprint density at radius 1 is 0.683 bits per heavy atom. The molecular formula is C47H63N7O4S2. The number of rotatable bonds is 17. The molecular weight excluding hydrogens is 791 g/mol. The molecule has 11 nitrogen and oxygen atoms in total. The normalized spacial score (nSPS) is 11.3. The zero-order chi connectivity index (χ0) is 41.7. The number of aliphatic hydroxyl groups excluding tert-OH is 2. The molecule has 0 aliphatic rings. The van der Waals surface area contributed by atoms with Crippen LogP contribution in [0.2, 0.25) is 0 Å². The number of carbonyl (C=O) groups is 2. The Hall–Kier alpha value is -5.44. The number of nitrogens with zero attached hydrogens (tertiary/aromatic N) is 3. The third-order valence-electron chi connectivity index (χ3n) is 8.96. The number of anilines is 4. The minimum atomic E-state index is -0.437. The van der Waals surface area contributed by atoms with Crippen LogP contribution in [0.5, 0.6) is 0 Å². The van der Waals surface area contributed by atoms with Crippen LogP contribution in [0.4, 0.5) is 21.6 Å². The Labute approximate surface area is 364 Å². The fourth-order valence-corrected chi connectivity index (χ4v) is 6.99. The Morgan fingerprint density at radius 3 is 1.70 bits per heavy atom. The van der Waals surface area contributed by atoms with Crippen molar-refractivity contribution in [2.24, 2.45) is 0 Å². The van der Waals surface area contributed by atoms with Crippen molar-refractivity contribution in [2.45, 2.75) is 78.9 Å². The van der Waals surface area contributed by atoms with E-state index in [4.69, 9.17) is 17.2 Å². The third kappa shape index (κ3) is 19.5. The summed E-state index contributed by atoms with van der Waals surface area (Å²) >= 11 is 2.70. The number of unbranched alkanes of at least 4 members (excludes halogenated alkanes) is 1. The zero-order valence-corrected chi connectivity index (χ0v) is 34.8. The van der Waals surface area contributed by atoms with Gasteiger partial charge in [-0.1, -0.05) is 106 Å². The van der Waals surface area contributed by atoms with Crippen molar-refractivity contribution in [3.63, 3.8) is 0 Å². The van der Waals surface area contributed by atoms with Gasteiger partial charge in [-0.3, -0.25) is 9.59 Å². The first-order valence-corrected chi connectivity index (χ1v) is 21.0. The van der Waals surface area contributed by atoms with E-state index in [1.54, 1.807) is 10.8 Å². The second kappa shape index (κ2) is 27.3. The molecule has 2 heterocycles. The predicted molar refractivity (Wildman–Crippen MR) is 252 cm³/mol. The Balaban J connectivity index is 0.000000338. The number of aryl methyl sites for hydroxylation is 1. The molecule has 0 fully saturated rings. The van der Waals surface area contributed by atoms with Crippen molar-refractivity contribution in [3.05, 3.63) is 154 Å². The smallest absolute Gasteiger partial charge is 0.230 e. The van der Waals surface area contributed by atoms with Gasteiger partial charge >= 0.3 is 0 Å². The average molecular weight is 854 g/mol. The molecule has 0 aliphatic carbocycles. The molecule has 2 atom stereocenters. The fourth-order valence-electron chi connectivity index (χ4n) is 5.87. The Morgan fingerprint density at radius 2 is 1.18 bits per heavy atom. The van der Waals surface area contributed by atoms with Crippen LogP contribution >= 0.6 is 22.7 Å². The summed E-state index contributed by atoms with van der Waals surface area (Å²) in [5.41, 5.74) is 24.1. The summed E-state index contributed by atoms with van der Waals surface area (Å²) in [7, 11) is 2.03. The summed E-state index contributed by atoms with van der Waals surface area (Å²) in [6, 6.07) is 35.4. The van der Waals surface area contributed by atoms with Crippen molar-refractivity contribution in [1.29, 1.82) is 0 Å². The van der Waals surface area contributed by atoms with Gasteiger partial charge in [0.1, 0.15) is 5.78 Å².